The summed E-state index contributed by atoms with van der Waals surface area (Å²) in [7, 11) is 2.91. The molecular weight excluding hydrogens is 350 g/mol. The van der Waals surface area contributed by atoms with E-state index in [0.29, 0.717) is 36.6 Å². The van der Waals surface area contributed by atoms with Gasteiger partial charge >= 0.3 is 0 Å². The molecule has 140 valence electrons. The van der Waals surface area contributed by atoms with Crippen molar-refractivity contribution >= 4 is 24.0 Å². The van der Waals surface area contributed by atoms with Crippen molar-refractivity contribution in [1.82, 2.24) is 10.6 Å². The van der Waals surface area contributed by atoms with Crippen LogP contribution in [0.2, 0.25) is 0 Å². The van der Waals surface area contributed by atoms with Gasteiger partial charge in [0.05, 0.1) is 31.1 Å². The van der Waals surface area contributed by atoms with E-state index in [1.165, 1.54) is 20.3 Å². The van der Waals surface area contributed by atoms with E-state index in [9.17, 15) is 14.9 Å². The molecule has 1 aliphatic heterocycles. The molecule has 2 N–H and O–H groups in total. The number of nitrogens with one attached hydrogen (secondary N) is 2. The number of amides is 1. The first-order valence-corrected chi connectivity index (χ1v) is 7.94. The van der Waals surface area contributed by atoms with Crippen LogP contribution in [0.5, 0.6) is 11.5 Å². The number of nitro benzene ring substituents is 1. The number of carbonyl (C=O) groups excluding carboxylic acids is 1. The van der Waals surface area contributed by atoms with E-state index < -0.39 is 4.92 Å². The van der Waals surface area contributed by atoms with E-state index in [-0.39, 0.29) is 29.9 Å². The maximum absolute atomic E-state index is 12.1. The number of rotatable bonds is 7. The highest BCUT2D eigenvalue weighted by Crippen LogP contribution is 2.34. The molecule has 0 radical (unpaired) electrons. The summed E-state index contributed by atoms with van der Waals surface area (Å²) in [5.74, 6) is 0.704. The minimum atomic E-state index is -0.454. The molecule has 1 aromatic carbocycles. The van der Waals surface area contributed by atoms with Crippen LogP contribution in [0.3, 0.4) is 0 Å². The quantitative estimate of drug-likeness (QED) is 0.557. The van der Waals surface area contributed by atoms with Crippen molar-refractivity contribution in [3.63, 3.8) is 0 Å². The Morgan fingerprint density at radius 2 is 2.04 bits per heavy atom. The third kappa shape index (κ3) is 5.47. The van der Waals surface area contributed by atoms with Crippen LogP contribution >= 0.6 is 12.4 Å². The molecule has 1 saturated heterocycles. The molecule has 1 atom stereocenters. The van der Waals surface area contributed by atoms with Gasteiger partial charge in [-0.05, 0) is 31.9 Å². The van der Waals surface area contributed by atoms with Crippen LogP contribution in [-0.4, -0.2) is 44.7 Å². The Bertz CT molecular complexity index is 606. The van der Waals surface area contributed by atoms with E-state index in [1.54, 1.807) is 6.07 Å². The SMILES string of the molecule is COc1cc(CCNC(=O)C2CCCNC2)c([N+](=O)[O-])cc1OC.Cl. The van der Waals surface area contributed by atoms with Crippen LogP contribution < -0.4 is 20.1 Å². The fourth-order valence-electron chi connectivity index (χ4n) is 2.82. The van der Waals surface area contributed by atoms with Crippen LogP contribution in [-0.2, 0) is 11.2 Å². The fraction of sp³-hybridized carbons (Fsp3) is 0.562. The van der Waals surface area contributed by atoms with Gasteiger partial charge in [0.25, 0.3) is 5.69 Å². The topological polar surface area (TPSA) is 103 Å². The van der Waals surface area contributed by atoms with Crippen molar-refractivity contribution in [3.05, 3.63) is 27.8 Å². The molecule has 0 saturated carbocycles. The van der Waals surface area contributed by atoms with Gasteiger partial charge in [-0.3, -0.25) is 14.9 Å². The number of methoxy groups -OCH3 is 2. The van der Waals surface area contributed by atoms with Crippen LogP contribution in [0.15, 0.2) is 12.1 Å². The van der Waals surface area contributed by atoms with Gasteiger partial charge in [-0.15, -0.1) is 12.4 Å². The molecular formula is C16H24ClN3O5. The van der Waals surface area contributed by atoms with Gasteiger partial charge in [-0.1, -0.05) is 0 Å². The molecule has 0 aromatic heterocycles. The molecule has 2 rings (SSSR count). The standard InChI is InChI=1S/C16H23N3O5.ClH/c1-23-14-8-11(13(19(21)22)9-15(14)24-2)5-7-18-16(20)12-4-3-6-17-10-12;/h8-9,12,17H,3-7,10H2,1-2H3,(H,18,20);1H. The van der Waals surface area contributed by atoms with Crippen molar-refractivity contribution < 1.29 is 19.2 Å². The number of halogens is 1. The molecule has 1 unspecified atom stereocenters. The van der Waals surface area contributed by atoms with Crippen LogP contribution in [0, 0.1) is 16.0 Å². The number of hydrogen-bond donors (Lipinski definition) is 2. The fourth-order valence-corrected chi connectivity index (χ4v) is 2.82. The Kier molecular flexibility index (Phi) is 8.44. The Labute approximate surface area is 152 Å². The summed E-state index contributed by atoms with van der Waals surface area (Å²) >= 11 is 0. The van der Waals surface area contributed by atoms with Crippen molar-refractivity contribution in [2.75, 3.05) is 33.9 Å². The number of nitrogens with zero attached hydrogens (tertiary/aromatic N) is 1. The summed E-state index contributed by atoms with van der Waals surface area (Å²) in [5, 5.41) is 17.3. The summed E-state index contributed by atoms with van der Waals surface area (Å²) in [6.07, 6.45) is 2.21. The molecule has 8 nitrogen and oxygen atoms in total. The average Bonchev–Trinajstić information content (AvgIpc) is 2.61. The first-order chi connectivity index (χ1) is 11.6. The molecule has 0 aliphatic carbocycles. The van der Waals surface area contributed by atoms with Gasteiger partial charge < -0.3 is 20.1 Å². The molecule has 0 bridgehead atoms. The lowest BCUT2D eigenvalue weighted by Gasteiger charge is -2.21. The van der Waals surface area contributed by atoms with Gasteiger partial charge in [0.2, 0.25) is 5.91 Å². The summed E-state index contributed by atoms with van der Waals surface area (Å²) in [6, 6.07) is 2.94. The van der Waals surface area contributed by atoms with Crippen LogP contribution in [0.25, 0.3) is 0 Å². The molecule has 0 spiro atoms. The number of benzene rings is 1. The summed E-state index contributed by atoms with van der Waals surface area (Å²) in [6.45, 7) is 1.97. The zero-order chi connectivity index (χ0) is 17.5. The number of carbonyl (C=O) groups is 1. The third-order valence-corrected chi connectivity index (χ3v) is 4.14. The second kappa shape index (κ2) is 10.0. The summed E-state index contributed by atoms with van der Waals surface area (Å²) < 4.78 is 10.3. The molecule has 1 amide bonds. The number of piperidine rings is 1. The van der Waals surface area contributed by atoms with Crippen LogP contribution in [0.1, 0.15) is 18.4 Å². The highest BCUT2D eigenvalue weighted by atomic mass is 35.5. The number of nitro groups is 1. The molecule has 25 heavy (non-hydrogen) atoms. The zero-order valence-corrected chi connectivity index (χ0v) is 15.2. The van der Waals surface area contributed by atoms with Crippen molar-refractivity contribution in [1.29, 1.82) is 0 Å². The predicted molar refractivity (Wildman–Crippen MR) is 95.8 cm³/mol. The zero-order valence-electron chi connectivity index (χ0n) is 14.4. The highest BCUT2D eigenvalue weighted by molar-refractivity contribution is 5.85. The smallest absolute Gasteiger partial charge is 0.276 e. The van der Waals surface area contributed by atoms with Gasteiger partial charge in [0.1, 0.15) is 0 Å². The van der Waals surface area contributed by atoms with E-state index in [1.807, 2.05) is 0 Å². The number of hydrogen-bond acceptors (Lipinski definition) is 6. The summed E-state index contributed by atoms with van der Waals surface area (Å²) in [4.78, 5) is 22.9. The first-order valence-electron chi connectivity index (χ1n) is 7.94. The average molecular weight is 374 g/mol. The Morgan fingerprint density at radius 1 is 1.36 bits per heavy atom. The third-order valence-electron chi connectivity index (χ3n) is 4.14. The van der Waals surface area contributed by atoms with E-state index >= 15 is 0 Å². The maximum atomic E-state index is 12.1. The van der Waals surface area contributed by atoms with Gasteiger partial charge in [-0.2, -0.15) is 0 Å². The van der Waals surface area contributed by atoms with Gasteiger partial charge in [0, 0.05) is 18.7 Å². The molecule has 1 aliphatic rings. The van der Waals surface area contributed by atoms with Crippen molar-refractivity contribution in [3.8, 4) is 11.5 Å². The van der Waals surface area contributed by atoms with Crippen molar-refractivity contribution in [2.24, 2.45) is 5.92 Å². The monoisotopic (exact) mass is 373 g/mol. The Balaban J connectivity index is 0.00000312. The molecule has 9 heteroatoms. The van der Waals surface area contributed by atoms with Crippen LogP contribution in [0.4, 0.5) is 5.69 Å². The Morgan fingerprint density at radius 3 is 2.60 bits per heavy atom. The second-order valence-corrected chi connectivity index (χ2v) is 5.68. The first kappa shape index (κ1) is 21.0. The lowest BCUT2D eigenvalue weighted by molar-refractivity contribution is -0.385. The number of ether oxygens (including phenoxy) is 2. The highest BCUT2D eigenvalue weighted by Gasteiger charge is 2.22. The normalized spacial score (nSPS) is 16.5. The minimum Gasteiger partial charge on any atom is -0.493 e. The molecule has 1 heterocycles. The van der Waals surface area contributed by atoms with E-state index in [4.69, 9.17) is 9.47 Å². The lowest BCUT2D eigenvalue weighted by atomic mass is 9.99. The van der Waals surface area contributed by atoms with E-state index in [0.717, 1.165) is 19.4 Å². The molecule has 1 aromatic rings. The Hall–Kier alpha value is -2.06. The van der Waals surface area contributed by atoms with Gasteiger partial charge in [0.15, 0.2) is 11.5 Å². The van der Waals surface area contributed by atoms with Crippen molar-refractivity contribution in [2.45, 2.75) is 19.3 Å². The largest absolute Gasteiger partial charge is 0.493 e. The molecule has 1 fully saturated rings. The second-order valence-electron chi connectivity index (χ2n) is 5.68. The van der Waals surface area contributed by atoms with E-state index in [2.05, 4.69) is 10.6 Å². The summed E-state index contributed by atoms with van der Waals surface area (Å²) in [5.41, 5.74) is 0.459. The lowest BCUT2D eigenvalue weighted by Crippen LogP contribution is -2.41. The minimum absolute atomic E-state index is 0. The maximum Gasteiger partial charge on any atom is 0.276 e. The predicted octanol–water partition coefficient (Wildman–Crippen LogP) is 1.69. The van der Waals surface area contributed by atoms with Gasteiger partial charge in [-0.25, -0.2) is 0 Å².